The average Bonchev–Trinajstić information content (AvgIpc) is 3.46. The molecule has 0 saturated heterocycles. The summed E-state index contributed by atoms with van der Waals surface area (Å²) in [5.74, 6) is 0.311. The van der Waals surface area contributed by atoms with Crippen LogP contribution < -0.4 is 18.9 Å². The number of nitrogens with zero attached hydrogens (tertiary/aromatic N) is 1. The van der Waals surface area contributed by atoms with Gasteiger partial charge in [-0.1, -0.05) is 41.9 Å². The van der Waals surface area contributed by atoms with Gasteiger partial charge in [0.2, 0.25) is 6.79 Å². The molecule has 3 aromatic carbocycles. The summed E-state index contributed by atoms with van der Waals surface area (Å²) in [6, 6.07) is 20.5. The number of hydrogen-bond donors (Lipinski definition) is 0. The Hall–Kier alpha value is -4.30. The summed E-state index contributed by atoms with van der Waals surface area (Å²) in [4.78, 5) is 32.4. The Morgan fingerprint density at radius 1 is 0.976 bits per heavy atom. The highest BCUT2D eigenvalue weighted by Gasteiger charge is 2.46. The molecule has 0 fully saturated rings. The fourth-order valence-electron chi connectivity index (χ4n) is 5.89. The molecule has 0 bridgehead atoms. The molecular weight excluding hydrogens is 558 g/mol. The number of hydrogen-bond acceptors (Lipinski definition) is 8. The first-order valence-electron chi connectivity index (χ1n) is 13.8. The molecule has 0 aromatic heterocycles. The number of ketones is 1. The predicted octanol–water partition coefficient (Wildman–Crippen LogP) is 6.27. The topological polar surface area (TPSA) is 92.7 Å². The molecule has 9 heteroatoms. The van der Waals surface area contributed by atoms with Crippen LogP contribution in [0.2, 0.25) is 5.02 Å². The number of carbonyl (C=O) groups is 2. The molecule has 6 rings (SSSR count). The van der Waals surface area contributed by atoms with Crippen molar-refractivity contribution in [2.75, 3.05) is 27.1 Å². The van der Waals surface area contributed by atoms with Crippen LogP contribution in [0.4, 0.5) is 0 Å². The zero-order valence-electron chi connectivity index (χ0n) is 23.3. The van der Waals surface area contributed by atoms with Gasteiger partial charge in [0.05, 0.1) is 7.11 Å². The van der Waals surface area contributed by atoms with E-state index in [-0.39, 0.29) is 38.1 Å². The normalized spacial score (nSPS) is 21.0. The highest BCUT2D eigenvalue weighted by atomic mass is 35.5. The molecule has 3 aromatic rings. The van der Waals surface area contributed by atoms with Gasteiger partial charge in [-0.3, -0.25) is 14.6 Å². The van der Waals surface area contributed by atoms with Gasteiger partial charge in [-0.2, -0.15) is 0 Å². The van der Waals surface area contributed by atoms with Crippen molar-refractivity contribution in [1.82, 2.24) is 0 Å². The summed E-state index contributed by atoms with van der Waals surface area (Å²) in [6.45, 7) is 2.10. The van der Waals surface area contributed by atoms with Gasteiger partial charge in [0.1, 0.15) is 30.6 Å². The summed E-state index contributed by atoms with van der Waals surface area (Å²) in [6.07, 6.45) is 0.835. The molecule has 3 aliphatic rings. The number of Topliss-reactive ketones (excluding diaryl/α,β-unsaturated/α-hetero) is 1. The first-order valence-corrected chi connectivity index (χ1v) is 14.2. The van der Waals surface area contributed by atoms with Gasteiger partial charge < -0.3 is 23.7 Å². The number of ether oxygens (including phenoxy) is 5. The summed E-state index contributed by atoms with van der Waals surface area (Å²) in [5.41, 5.74) is 3.35. The number of fused-ring (bicyclic) bond motifs is 1. The molecule has 42 heavy (non-hydrogen) atoms. The minimum atomic E-state index is -0.847. The molecule has 1 aliphatic carbocycles. The average molecular weight is 588 g/mol. The van der Waals surface area contributed by atoms with Gasteiger partial charge in [-0.05, 0) is 60.7 Å². The molecule has 2 heterocycles. The minimum absolute atomic E-state index is 0.0402. The number of aliphatic imine (C=N–C) groups is 1. The fourth-order valence-corrected chi connectivity index (χ4v) is 6.16. The Balaban J connectivity index is 1.31. The molecule has 0 amide bonds. The van der Waals surface area contributed by atoms with E-state index in [1.165, 1.54) is 0 Å². The summed E-state index contributed by atoms with van der Waals surface area (Å²) in [7, 11) is 1.62. The van der Waals surface area contributed by atoms with Crippen molar-refractivity contribution >= 4 is 29.1 Å². The lowest BCUT2D eigenvalue weighted by Crippen LogP contribution is -2.38. The van der Waals surface area contributed by atoms with E-state index in [9.17, 15) is 9.59 Å². The predicted molar refractivity (Wildman–Crippen MR) is 157 cm³/mol. The van der Waals surface area contributed by atoms with Crippen LogP contribution >= 0.6 is 11.6 Å². The van der Waals surface area contributed by atoms with Gasteiger partial charge >= 0.3 is 5.97 Å². The maximum absolute atomic E-state index is 13.9. The van der Waals surface area contributed by atoms with Crippen molar-refractivity contribution in [2.45, 2.75) is 31.6 Å². The van der Waals surface area contributed by atoms with Gasteiger partial charge in [-0.15, -0.1) is 0 Å². The molecule has 0 radical (unpaired) electrons. The maximum atomic E-state index is 13.9. The van der Waals surface area contributed by atoms with Crippen molar-refractivity contribution < 1.29 is 33.3 Å². The lowest BCUT2D eigenvalue weighted by Gasteiger charge is -2.37. The fraction of sp³-hybridized carbons (Fsp3) is 0.303. The monoisotopic (exact) mass is 587 g/mol. The second-order valence-corrected chi connectivity index (χ2v) is 10.8. The second-order valence-electron chi connectivity index (χ2n) is 10.4. The first kappa shape index (κ1) is 27.8. The van der Waals surface area contributed by atoms with Crippen LogP contribution in [0.5, 0.6) is 23.0 Å². The molecule has 8 nitrogen and oxygen atoms in total. The van der Waals surface area contributed by atoms with Crippen LogP contribution in [-0.4, -0.2) is 44.6 Å². The van der Waals surface area contributed by atoms with E-state index in [1.807, 2.05) is 54.6 Å². The molecule has 3 atom stereocenters. The Morgan fingerprint density at radius 2 is 1.71 bits per heavy atom. The molecule has 216 valence electrons. The van der Waals surface area contributed by atoms with E-state index >= 15 is 0 Å². The van der Waals surface area contributed by atoms with Crippen LogP contribution in [0.1, 0.15) is 42.7 Å². The van der Waals surface area contributed by atoms with Crippen LogP contribution in [0, 0.1) is 5.92 Å². The summed E-state index contributed by atoms with van der Waals surface area (Å²) < 4.78 is 27.8. The van der Waals surface area contributed by atoms with E-state index in [1.54, 1.807) is 26.2 Å². The molecule has 0 saturated carbocycles. The third-order valence-electron chi connectivity index (χ3n) is 7.90. The smallest absolute Gasteiger partial charge is 0.315 e. The number of para-hydroxylation sites is 1. The maximum Gasteiger partial charge on any atom is 0.315 e. The quantitative estimate of drug-likeness (QED) is 0.226. The third kappa shape index (κ3) is 5.46. The van der Waals surface area contributed by atoms with Crippen molar-refractivity contribution in [3.8, 4) is 23.0 Å². The van der Waals surface area contributed by atoms with E-state index in [2.05, 4.69) is 0 Å². The van der Waals surface area contributed by atoms with E-state index in [0.29, 0.717) is 51.2 Å². The summed E-state index contributed by atoms with van der Waals surface area (Å²) in [5, 5.41) is 0.376. The second kappa shape index (κ2) is 11.9. The first-order chi connectivity index (χ1) is 20.4. The van der Waals surface area contributed by atoms with E-state index < -0.39 is 17.8 Å². The lowest BCUT2D eigenvalue weighted by atomic mass is 9.69. The van der Waals surface area contributed by atoms with Crippen LogP contribution in [0.3, 0.4) is 0 Å². The Morgan fingerprint density at radius 3 is 2.45 bits per heavy atom. The number of halogens is 1. The Kier molecular flexibility index (Phi) is 7.89. The van der Waals surface area contributed by atoms with Gasteiger partial charge in [0.15, 0.2) is 17.3 Å². The van der Waals surface area contributed by atoms with E-state index in [0.717, 1.165) is 11.3 Å². The number of rotatable bonds is 8. The van der Waals surface area contributed by atoms with Crippen molar-refractivity contribution in [3.63, 3.8) is 0 Å². The SMILES string of the molecule is COc1ccc([C@H]2CC(=O)C3=C(C2)N=C(C)C(C(=O)OCCOc2ccccc2)[C@H]3c2cc3c(cc2Cl)OCO3)cc1. The third-order valence-corrected chi connectivity index (χ3v) is 8.22. The van der Waals surface area contributed by atoms with Crippen LogP contribution in [-0.2, 0) is 14.3 Å². The molecule has 1 unspecified atom stereocenters. The molecule has 0 N–H and O–H groups in total. The number of allylic oxidation sites excluding steroid dienone is 2. The van der Waals surface area contributed by atoms with Crippen LogP contribution in [0.25, 0.3) is 0 Å². The van der Waals surface area contributed by atoms with Gasteiger partial charge in [-0.25, -0.2) is 0 Å². The molecular formula is C33H30ClNO7. The highest BCUT2D eigenvalue weighted by molar-refractivity contribution is 6.32. The van der Waals surface area contributed by atoms with Crippen molar-refractivity contribution in [3.05, 3.63) is 94.1 Å². The number of benzene rings is 3. The number of carbonyl (C=O) groups excluding carboxylic acids is 2. The highest BCUT2D eigenvalue weighted by Crippen LogP contribution is 2.50. The zero-order valence-corrected chi connectivity index (χ0v) is 24.1. The number of esters is 1. The van der Waals surface area contributed by atoms with Crippen molar-refractivity contribution in [1.29, 1.82) is 0 Å². The molecule has 2 aliphatic heterocycles. The van der Waals surface area contributed by atoms with Crippen molar-refractivity contribution in [2.24, 2.45) is 10.9 Å². The lowest BCUT2D eigenvalue weighted by molar-refractivity contribution is -0.147. The minimum Gasteiger partial charge on any atom is -0.497 e. The van der Waals surface area contributed by atoms with Gasteiger partial charge in [0.25, 0.3) is 0 Å². The largest absolute Gasteiger partial charge is 0.497 e. The van der Waals surface area contributed by atoms with E-state index in [4.69, 9.17) is 40.3 Å². The molecule has 0 spiro atoms. The van der Waals surface area contributed by atoms with Crippen LogP contribution in [0.15, 0.2) is 83.0 Å². The van der Waals surface area contributed by atoms with Gasteiger partial charge in [0, 0.05) is 40.4 Å². The Labute approximate surface area is 248 Å². The summed E-state index contributed by atoms with van der Waals surface area (Å²) >= 11 is 6.79. The Bertz CT molecular complexity index is 1570. The standard InChI is InChI=1S/C33H30ClNO7/c1-19-30(33(37)40-13-12-39-23-6-4-3-5-7-23)31(24-16-28-29(17-25(24)34)42-18-41-28)32-26(35-19)14-21(15-27(32)36)20-8-10-22(38-2)11-9-20/h3-11,16-17,21,30-31H,12-15,18H2,1-2H3/t21-,30?,31-/m1/s1. The number of methoxy groups -OCH3 is 1. The zero-order chi connectivity index (χ0) is 29.2.